The van der Waals surface area contributed by atoms with Gasteiger partial charge in [0.1, 0.15) is 6.61 Å². The fourth-order valence-corrected chi connectivity index (χ4v) is 1.71. The molecule has 1 nitrogen and oxygen atoms in total. The first kappa shape index (κ1) is 15.3. The minimum absolute atomic E-state index is 0.00615. The van der Waals surface area contributed by atoms with E-state index in [1.165, 1.54) is 30.3 Å². The van der Waals surface area contributed by atoms with Crippen LogP contribution in [0.1, 0.15) is 11.1 Å². The van der Waals surface area contributed by atoms with Gasteiger partial charge < -0.3 is 4.74 Å². The van der Waals surface area contributed by atoms with E-state index >= 15 is 0 Å². The Kier molecular flexibility index (Phi) is 5.13. The summed E-state index contributed by atoms with van der Waals surface area (Å²) in [5.41, 5.74) is 0.526. The van der Waals surface area contributed by atoms with E-state index in [4.69, 9.17) is 16.3 Å². The summed E-state index contributed by atoms with van der Waals surface area (Å²) in [6.45, 7) is -0.285. The minimum atomic E-state index is -1.00. The van der Waals surface area contributed by atoms with Gasteiger partial charge in [-0.15, -0.1) is 11.6 Å². The molecule has 0 amide bonds. The Morgan fingerprint density at radius 1 is 1.05 bits per heavy atom. The molecule has 0 aliphatic carbocycles. The topological polar surface area (TPSA) is 9.23 Å². The Balaban J connectivity index is 2.17. The van der Waals surface area contributed by atoms with Crippen molar-refractivity contribution in [2.45, 2.75) is 6.61 Å². The number of alkyl halides is 1. The average molecular weight is 311 g/mol. The Bertz CT molecular complexity index is 704. The third kappa shape index (κ3) is 3.93. The smallest absolute Gasteiger partial charge is 0.165 e. The summed E-state index contributed by atoms with van der Waals surface area (Å²) in [5, 5.41) is 0. The van der Waals surface area contributed by atoms with E-state index in [2.05, 4.69) is 11.8 Å². The van der Waals surface area contributed by atoms with Crippen LogP contribution in [0.3, 0.4) is 0 Å². The zero-order valence-electron chi connectivity index (χ0n) is 10.8. The molecule has 0 N–H and O–H groups in total. The minimum Gasteiger partial charge on any atom is -0.486 e. The second kappa shape index (κ2) is 7.05. The van der Waals surface area contributed by atoms with Crippen LogP contribution >= 0.6 is 11.6 Å². The Morgan fingerprint density at radius 2 is 1.86 bits per heavy atom. The number of hydrogen-bond acceptors (Lipinski definition) is 1. The van der Waals surface area contributed by atoms with Gasteiger partial charge >= 0.3 is 0 Å². The van der Waals surface area contributed by atoms with Crippen molar-refractivity contribution in [3.05, 3.63) is 65.0 Å². The summed E-state index contributed by atoms with van der Waals surface area (Å²) in [4.78, 5) is 0. The molecule has 2 aromatic carbocycles. The predicted molar refractivity (Wildman–Crippen MR) is 74.7 cm³/mol. The van der Waals surface area contributed by atoms with Crippen LogP contribution in [0.25, 0.3) is 0 Å². The largest absolute Gasteiger partial charge is 0.486 e. The first-order valence-electron chi connectivity index (χ1n) is 6.02. The van der Waals surface area contributed by atoms with Gasteiger partial charge in [-0.25, -0.2) is 13.2 Å². The highest BCUT2D eigenvalue weighted by atomic mass is 35.5. The highest BCUT2D eigenvalue weighted by Crippen LogP contribution is 2.21. The summed E-state index contributed by atoms with van der Waals surface area (Å²) >= 11 is 5.44. The lowest BCUT2D eigenvalue weighted by Crippen LogP contribution is -2.01. The van der Waals surface area contributed by atoms with Crippen molar-refractivity contribution in [3.8, 4) is 17.6 Å². The summed E-state index contributed by atoms with van der Waals surface area (Å²) in [6, 6.07) is 7.77. The first-order valence-corrected chi connectivity index (χ1v) is 6.55. The maximum atomic E-state index is 13.6. The number of ether oxygens (including phenoxy) is 1. The van der Waals surface area contributed by atoms with Gasteiger partial charge in [0, 0.05) is 11.1 Å². The van der Waals surface area contributed by atoms with Gasteiger partial charge in [0.25, 0.3) is 0 Å². The summed E-state index contributed by atoms with van der Waals surface area (Å²) < 4.78 is 45.3. The molecule has 21 heavy (non-hydrogen) atoms. The highest BCUT2D eigenvalue weighted by molar-refractivity contribution is 6.19. The van der Waals surface area contributed by atoms with Crippen LogP contribution in [-0.4, -0.2) is 5.88 Å². The Labute approximate surface area is 125 Å². The molecule has 0 spiro atoms. The highest BCUT2D eigenvalue weighted by Gasteiger charge is 2.10. The zero-order valence-corrected chi connectivity index (χ0v) is 11.6. The molecule has 0 heterocycles. The van der Waals surface area contributed by atoms with Crippen LogP contribution < -0.4 is 4.74 Å². The summed E-state index contributed by atoms with van der Waals surface area (Å²) in [6.07, 6.45) is 0. The lowest BCUT2D eigenvalue weighted by molar-refractivity contribution is 0.282. The lowest BCUT2D eigenvalue weighted by atomic mass is 10.2. The Hall–Kier alpha value is -2.12. The van der Waals surface area contributed by atoms with Gasteiger partial charge in [-0.3, -0.25) is 0 Å². The molecule has 2 aromatic rings. The summed E-state index contributed by atoms with van der Waals surface area (Å²) in [7, 11) is 0. The summed E-state index contributed by atoms with van der Waals surface area (Å²) in [5.74, 6) is 2.83. The van der Waals surface area contributed by atoms with Crippen LogP contribution in [0.2, 0.25) is 0 Å². The van der Waals surface area contributed by atoms with Gasteiger partial charge in [0.2, 0.25) is 0 Å². The van der Waals surface area contributed by atoms with Crippen molar-refractivity contribution in [1.29, 1.82) is 0 Å². The van der Waals surface area contributed by atoms with Crippen molar-refractivity contribution >= 4 is 11.6 Å². The van der Waals surface area contributed by atoms with Crippen LogP contribution in [0, 0.1) is 29.3 Å². The molecule has 0 saturated carbocycles. The number of benzene rings is 2. The van der Waals surface area contributed by atoms with Crippen molar-refractivity contribution in [3.63, 3.8) is 0 Å². The van der Waals surface area contributed by atoms with E-state index in [-0.39, 0.29) is 23.8 Å². The van der Waals surface area contributed by atoms with E-state index in [1.807, 2.05) is 0 Å². The van der Waals surface area contributed by atoms with Gasteiger partial charge in [0.15, 0.2) is 23.2 Å². The maximum absolute atomic E-state index is 13.6. The quantitative estimate of drug-likeness (QED) is 0.607. The molecule has 5 heteroatoms. The van der Waals surface area contributed by atoms with Crippen LogP contribution in [0.15, 0.2) is 36.4 Å². The maximum Gasteiger partial charge on any atom is 0.165 e. The molecule has 0 aliphatic rings. The molecule has 0 atom stereocenters. The third-order valence-electron chi connectivity index (χ3n) is 2.65. The standard InChI is InChI=1S/C16H10ClF3O/c17-8-2-3-11-6-7-13(18)15(9-11)21-10-12-4-1-5-14(19)16(12)20/h1,4-7,9H,8,10H2. The van der Waals surface area contributed by atoms with Crippen molar-refractivity contribution < 1.29 is 17.9 Å². The predicted octanol–water partition coefficient (Wildman–Crippen LogP) is 4.27. The SMILES string of the molecule is Fc1ccc(C#CCCl)cc1OCc1cccc(F)c1F. The molecule has 0 aliphatic heterocycles. The molecule has 0 bridgehead atoms. The molecule has 2 rings (SSSR count). The molecule has 0 unspecified atom stereocenters. The monoisotopic (exact) mass is 310 g/mol. The molecule has 108 valence electrons. The fourth-order valence-electron chi connectivity index (χ4n) is 1.64. The van der Waals surface area contributed by atoms with Gasteiger partial charge in [-0.05, 0) is 24.3 Å². The molecule has 0 radical (unpaired) electrons. The normalized spacial score (nSPS) is 9.90. The molecule has 0 aromatic heterocycles. The van der Waals surface area contributed by atoms with Crippen molar-refractivity contribution in [1.82, 2.24) is 0 Å². The average Bonchev–Trinajstić information content (AvgIpc) is 2.49. The van der Waals surface area contributed by atoms with E-state index < -0.39 is 17.5 Å². The van der Waals surface area contributed by atoms with Gasteiger partial charge in [-0.2, -0.15) is 0 Å². The van der Waals surface area contributed by atoms with E-state index in [0.29, 0.717) is 5.56 Å². The van der Waals surface area contributed by atoms with Crippen LogP contribution in [0.5, 0.6) is 5.75 Å². The lowest BCUT2D eigenvalue weighted by Gasteiger charge is -2.08. The van der Waals surface area contributed by atoms with Crippen molar-refractivity contribution in [2.24, 2.45) is 0 Å². The second-order valence-electron chi connectivity index (χ2n) is 4.08. The van der Waals surface area contributed by atoms with Gasteiger partial charge in [0.05, 0.1) is 5.88 Å². The van der Waals surface area contributed by atoms with Crippen LogP contribution in [0.4, 0.5) is 13.2 Å². The van der Waals surface area contributed by atoms with Crippen LogP contribution in [-0.2, 0) is 6.61 Å². The molecular weight excluding hydrogens is 301 g/mol. The Morgan fingerprint density at radius 3 is 2.62 bits per heavy atom. The van der Waals surface area contributed by atoms with E-state index in [1.54, 1.807) is 0 Å². The molecule has 0 saturated heterocycles. The fraction of sp³-hybridized carbons (Fsp3) is 0.125. The number of hydrogen-bond donors (Lipinski definition) is 0. The molecular formula is C16H10ClF3O. The van der Waals surface area contributed by atoms with E-state index in [0.717, 1.165) is 6.07 Å². The first-order chi connectivity index (χ1) is 10.1. The molecule has 0 fully saturated rings. The van der Waals surface area contributed by atoms with E-state index in [9.17, 15) is 13.2 Å². The third-order valence-corrected chi connectivity index (χ3v) is 2.78. The van der Waals surface area contributed by atoms with Crippen molar-refractivity contribution in [2.75, 3.05) is 5.88 Å². The number of rotatable bonds is 3. The second-order valence-corrected chi connectivity index (χ2v) is 4.35. The van der Waals surface area contributed by atoms with Gasteiger partial charge in [-0.1, -0.05) is 24.0 Å². The zero-order chi connectivity index (χ0) is 15.2. The number of halogens is 4.